The monoisotopic (exact) mass is 469 g/mol. The van der Waals surface area contributed by atoms with Crippen LogP contribution in [0, 0.1) is 0 Å². The van der Waals surface area contributed by atoms with Crippen LogP contribution in [-0.2, 0) is 20.8 Å². The Balaban J connectivity index is 1.57. The van der Waals surface area contributed by atoms with Gasteiger partial charge in [0.25, 0.3) is 0 Å². The van der Waals surface area contributed by atoms with Crippen LogP contribution in [0.4, 0.5) is 0 Å². The van der Waals surface area contributed by atoms with E-state index in [0.29, 0.717) is 6.54 Å². The summed E-state index contributed by atoms with van der Waals surface area (Å²) in [7, 11) is 3.26. The number of ether oxygens (including phenoxy) is 3. The molecule has 11 heteroatoms. The van der Waals surface area contributed by atoms with Crippen LogP contribution in [0.15, 0.2) is 24.3 Å². The molecular weight excluding hydrogens is 434 g/mol. The molecule has 0 bridgehead atoms. The lowest BCUT2D eigenvalue weighted by Crippen LogP contribution is -2.81. The Morgan fingerprint density at radius 2 is 1.76 bits per heavy atom. The topological polar surface area (TPSA) is 165 Å². The Morgan fingerprint density at radius 3 is 2.42 bits per heavy atom. The Bertz CT molecular complexity index is 833. The van der Waals surface area contributed by atoms with Crippen molar-refractivity contribution in [3.8, 4) is 5.75 Å². The summed E-state index contributed by atoms with van der Waals surface area (Å²) in [4.78, 5) is 0. The fourth-order valence-electron chi connectivity index (χ4n) is 5.31. The quantitative estimate of drug-likeness (QED) is 0.227. The molecular formula is C22H35N3O8. The van der Waals surface area contributed by atoms with Crippen molar-refractivity contribution in [2.24, 2.45) is 0 Å². The number of likely N-dealkylation sites (N-methyl/N-ethyl adjacent to an activating group) is 2. The van der Waals surface area contributed by atoms with E-state index >= 15 is 0 Å². The fraction of sp³-hybridized carbons (Fsp3) is 0.727. The van der Waals surface area contributed by atoms with Crippen molar-refractivity contribution < 1.29 is 39.7 Å². The average Bonchev–Trinajstić information content (AvgIpc) is 2.75. The van der Waals surface area contributed by atoms with Crippen LogP contribution in [0.5, 0.6) is 5.75 Å². The fourth-order valence-corrected chi connectivity index (χ4v) is 5.31. The number of hydrogen-bond acceptors (Lipinski definition) is 11. The highest BCUT2D eigenvalue weighted by atomic mass is 16.8. The highest BCUT2D eigenvalue weighted by Crippen LogP contribution is 2.46. The zero-order valence-electron chi connectivity index (χ0n) is 19.0. The van der Waals surface area contributed by atoms with Crippen molar-refractivity contribution in [2.75, 3.05) is 20.6 Å². The minimum Gasteiger partial charge on any atom is -0.508 e. The number of aromatic hydroxyl groups is 1. The first-order chi connectivity index (χ1) is 15.6. The number of rotatable bonds is 6. The highest BCUT2D eigenvalue weighted by Gasteiger charge is 2.68. The minimum absolute atomic E-state index is 0.0570. The van der Waals surface area contributed by atoms with Crippen molar-refractivity contribution >= 4 is 0 Å². The SMILES string of the molecule is CNC1C(O)C(NC)C2OC3(O)C(OC(C)CC3(O)CNCc3cccc(O)c3)OC2C1O. The van der Waals surface area contributed by atoms with Crippen molar-refractivity contribution in [2.45, 2.75) is 80.2 Å². The Labute approximate surface area is 192 Å². The van der Waals surface area contributed by atoms with E-state index in [1.165, 1.54) is 0 Å². The lowest BCUT2D eigenvalue weighted by molar-refractivity contribution is -0.482. The predicted molar refractivity (Wildman–Crippen MR) is 116 cm³/mol. The summed E-state index contributed by atoms with van der Waals surface area (Å²) in [5.74, 6) is -2.12. The molecule has 0 amide bonds. The summed E-state index contributed by atoms with van der Waals surface area (Å²) in [6, 6.07) is 5.33. The molecule has 10 unspecified atom stereocenters. The number of aliphatic hydroxyl groups is 4. The molecule has 0 radical (unpaired) electrons. The molecule has 3 aliphatic rings. The van der Waals surface area contributed by atoms with Gasteiger partial charge in [-0.1, -0.05) is 12.1 Å². The predicted octanol–water partition coefficient (Wildman–Crippen LogP) is -2.27. The molecule has 0 aromatic heterocycles. The number of aliphatic hydroxyl groups excluding tert-OH is 2. The number of benzene rings is 1. The summed E-state index contributed by atoms with van der Waals surface area (Å²) in [5, 5.41) is 63.4. The standard InChI is InChI=1S/C22H35N3O8/c1-11-8-21(29,10-25-9-12-5-4-6-13(26)7-12)22(30)20(31-11)32-19-17(28)14(23-2)16(27)15(24-3)18(19)33-22/h4-7,11,14-20,23-30H,8-10H2,1-3H3. The van der Waals surface area contributed by atoms with Gasteiger partial charge in [-0.05, 0) is 38.7 Å². The van der Waals surface area contributed by atoms with Gasteiger partial charge in [0.15, 0.2) is 0 Å². The van der Waals surface area contributed by atoms with Gasteiger partial charge in [-0.15, -0.1) is 0 Å². The first-order valence-electron chi connectivity index (χ1n) is 11.3. The molecule has 3 fully saturated rings. The summed E-state index contributed by atoms with van der Waals surface area (Å²) in [6.07, 6.45) is -5.81. The lowest BCUT2D eigenvalue weighted by Gasteiger charge is -2.60. The third-order valence-electron chi connectivity index (χ3n) is 7.01. The Kier molecular flexibility index (Phi) is 7.00. The maximum atomic E-state index is 11.6. The van der Waals surface area contributed by atoms with Gasteiger partial charge in [-0.3, -0.25) is 0 Å². The summed E-state index contributed by atoms with van der Waals surface area (Å²) < 4.78 is 17.9. The molecule has 186 valence electrons. The number of phenolic OH excluding ortho intramolecular Hbond substituents is 1. The highest BCUT2D eigenvalue weighted by molar-refractivity contribution is 5.27. The molecule has 1 aliphatic carbocycles. The van der Waals surface area contributed by atoms with Crippen LogP contribution in [0.1, 0.15) is 18.9 Å². The second-order valence-corrected chi connectivity index (χ2v) is 9.28. The van der Waals surface area contributed by atoms with Crippen LogP contribution in [0.25, 0.3) is 0 Å². The van der Waals surface area contributed by atoms with Gasteiger partial charge in [-0.2, -0.15) is 0 Å². The van der Waals surface area contributed by atoms with E-state index < -0.39 is 60.3 Å². The number of phenols is 1. The molecule has 4 rings (SSSR count). The number of nitrogens with one attached hydrogen (secondary N) is 3. The number of hydrogen-bond donors (Lipinski definition) is 8. The molecule has 1 saturated carbocycles. The third-order valence-corrected chi connectivity index (χ3v) is 7.01. The van der Waals surface area contributed by atoms with E-state index in [-0.39, 0.29) is 18.7 Å². The molecule has 10 atom stereocenters. The number of fused-ring (bicyclic) bond motifs is 2. The maximum absolute atomic E-state index is 11.6. The maximum Gasteiger partial charge on any atom is 0.249 e. The molecule has 33 heavy (non-hydrogen) atoms. The molecule has 1 aromatic carbocycles. The molecule has 2 heterocycles. The van der Waals surface area contributed by atoms with Crippen molar-refractivity contribution in [1.29, 1.82) is 0 Å². The van der Waals surface area contributed by atoms with Crippen LogP contribution < -0.4 is 16.0 Å². The van der Waals surface area contributed by atoms with Crippen LogP contribution >= 0.6 is 0 Å². The van der Waals surface area contributed by atoms with Crippen molar-refractivity contribution in [3.63, 3.8) is 0 Å². The van der Waals surface area contributed by atoms with Gasteiger partial charge < -0.3 is 55.7 Å². The van der Waals surface area contributed by atoms with E-state index in [4.69, 9.17) is 14.2 Å². The normalized spacial score (nSPS) is 45.3. The van der Waals surface area contributed by atoms with E-state index in [1.54, 1.807) is 39.2 Å². The van der Waals surface area contributed by atoms with Gasteiger partial charge in [0.2, 0.25) is 12.1 Å². The average molecular weight is 470 g/mol. The van der Waals surface area contributed by atoms with Crippen molar-refractivity contribution in [1.82, 2.24) is 16.0 Å². The zero-order chi connectivity index (χ0) is 24.0. The van der Waals surface area contributed by atoms with E-state index in [2.05, 4.69) is 16.0 Å². The molecule has 0 spiro atoms. The summed E-state index contributed by atoms with van der Waals surface area (Å²) in [5.41, 5.74) is -0.999. The van der Waals surface area contributed by atoms with Gasteiger partial charge in [0.05, 0.1) is 24.3 Å². The van der Waals surface area contributed by atoms with Gasteiger partial charge in [0, 0.05) is 19.5 Å². The Morgan fingerprint density at radius 1 is 1.03 bits per heavy atom. The zero-order valence-corrected chi connectivity index (χ0v) is 19.0. The summed E-state index contributed by atoms with van der Waals surface area (Å²) >= 11 is 0. The molecule has 1 aromatic rings. The van der Waals surface area contributed by atoms with Gasteiger partial charge >= 0.3 is 0 Å². The first kappa shape index (κ1) is 24.7. The summed E-state index contributed by atoms with van der Waals surface area (Å²) in [6.45, 7) is 2.03. The molecule has 2 saturated heterocycles. The Hall–Kier alpha value is -1.38. The van der Waals surface area contributed by atoms with Gasteiger partial charge in [-0.25, -0.2) is 0 Å². The molecule has 2 aliphatic heterocycles. The van der Waals surface area contributed by atoms with Crippen LogP contribution in [0.3, 0.4) is 0 Å². The lowest BCUT2D eigenvalue weighted by atomic mass is 9.77. The molecule has 11 nitrogen and oxygen atoms in total. The van der Waals surface area contributed by atoms with E-state index in [0.717, 1.165) is 5.56 Å². The second kappa shape index (κ2) is 9.34. The smallest absolute Gasteiger partial charge is 0.249 e. The van der Waals surface area contributed by atoms with E-state index in [9.17, 15) is 25.5 Å². The van der Waals surface area contributed by atoms with Crippen molar-refractivity contribution in [3.05, 3.63) is 29.8 Å². The van der Waals surface area contributed by atoms with Crippen LogP contribution in [-0.4, -0.2) is 106 Å². The van der Waals surface area contributed by atoms with E-state index in [1.807, 2.05) is 6.07 Å². The second-order valence-electron chi connectivity index (χ2n) is 9.28. The van der Waals surface area contributed by atoms with Crippen LogP contribution in [0.2, 0.25) is 0 Å². The molecule has 8 N–H and O–H groups in total. The minimum atomic E-state index is -2.26. The first-order valence-corrected chi connectivity index (χ1v) is 11.3. The van der Waals surface area contributed by atoms with Gasteiger partial charge in [0.1, 0.15) is 29.7 Å². The largest absolute Gasteiger partial charge is 0.508 e. The third kappa shape index (κ3) is 4.27.